The Morgan fingerprint density at radius 1 is 1.47 bits per heavy atom. The second-order valence-corrected chi connectivity index (χ2v) is 4.28. The third-order valence-corrected chi connectivity index (χ3v) is 2.53. The molecular weight excluding hydrogens is 258 g/mol. The molecule has 1 aromatic rings. The molecule has 0 radical (unpaired) electrons. The van der Waals surface area contributed by atoms with Crippen LogP contribution in [-0.2, 0) is 0 Å². The lowest BCUT2D eigenvalue weighted by molar-refractivity contribution is 0.111. The van der Waals surface area contributed by atoms with Gasteiger partial charge in [0.05, 0.1) is 10.0 Å². The average molecular weight is 272 g/mol. The Hall–Kier alpha value is -0.870. The number of nitrogens with zero attached hydrogens (tertiary/aromatic N) is 1. The maximum absolute atomic E-state index is 10.8. The van der Waals surface area contributed by atoms with E-state index in [9.17, 15) is 4.79 Å². The predicted molar refractivity (Wildman–Crippen MR) is 63.6 cm³/mol. The molecule has 15 heavy (non-hydrogen) atoms. The van der Waals surface area contributed by atoms with Gasteiger partial charge in [-0.15, -0.1) is 0 Å². The first-order chi connectivity index (χ1) is 7.15. The van der Waals surface area contributed by atoms with E-state index in [1.54, 1.807) is 6.07 Å². The molecule has 3 nitrogen and oxygen atoms in total. The summed E-state index contributed by atoms with van der Waals surface area (Å²) in [6.07, 6.45) is 0.801. The van der Waals surface area contributed by atoms with Gasteiger partial charge in [-0.3, -0.25) is 4.79 Å². The molecule has 0 aliphatic rings. The minimum Gasteiger partial charge on any atom is -0.490 e. The van der Waals surface area contributed by atoms with Gasteiger partial charge < -0.3 is 9.64 Å². The van der Waals surface area contributed by atoms with Gasteiger partial charge in [0, 0.05) is 6.54 Å². The number of carbonyl (C=O) groups excluding carboxylic acids is 1. The van der Waals surface area contributed by atoms with E-state index in [1.165, 1.54) is 0 Å². The van der Waals surface area contributed by atoms with Crippen molar-refractivity contribution >= 4 is 22.2 Å². The highest BCUT2D eigenvalue weighted by molar-refractivity contribution is 9.10. The number of hydrogen-bond donors (Lipinski definition) is 0. The summed E-state index contributed by atoms with van der Waals surface area (Å²) in [5.41, 5.74) is 0.572. The molecule has 0 unspecified atom stereocenters. The first-order valence-corrected chi connectivity index (χ1v) is 5.45. The average Bonchev–Trinajstić information content (AvgIpc) is 2.20. The normalized spacial score (nSPS) is 10.4. The van der Waals surface area contributed by atoms with Crippen LogP contribution in [0.1, 0.15) is 10.4 Å². The Morgan fingerprint density at radius 2 is 2.20 bits per heavy atom. The topological polar surface area (TPSA) is 29.5 Å². The van der Waals surface area contributed by atoms with Gasteiger partial charge in [-0.2, -0.15) is 0 Å². The molecule has 0 N–H and O–H groups in total. The van der Waals surface area contributed by atoms with Crippen LogP contribution in [0.4, 0.5) is 0 Å². The van der Waals surface area contributed by atoms with Crippen molar-refractivity contribution in [3.8, 4) is 5.75 Å². The van der Waals surface area contributed by atoms with Crippen molar-refractivity contribution in [3.05, 3.63) is 28.2 Å². The number of halogens is 1. The SMILES string of the molecule is CN(C)CCOc1c(Br)cccc1C=O. The van der Waals surface area contributed by atoms with E-state index in [2.05, 4.69) is 15.9 Å². The predicted octanol–water partition coefficient (Wildman–Crippen LogP) is 2.20. The van der Waals surface area contributed by atoms with Crippen LogP contribution in [0.3, 0.4) is 0 Å². The molecule has 0 saturated carbocycles. The van der Waals surface area contributed by atoms with Gasteiger partial charge in [0.2, 0.25) is 0 Å². The highest BCUT2D eigenvalue weighted by Crippen LogP contribution is 2.27. The lowest BCUT2D eigenvalue weighted by atomic mass is 10.2. The van der Waals surface area contributed by atoms with Gasteiger partial charge in [-0.1, -0.05) is 6.07 Å². The Labute approximate surface area is 98.2 Å². The minimum absolute atomic E-state index is 0.566. The molecule has 0 amide bonds. The third-order valence-electron chi connectivity index (χ3n) is 1.91. The number of ether oxygens (including phenoxy) is 1. The maximum Gasteiger partial charge on any atom is 0.153 e. The number of likely N-dealkylation sites (N-methyl/N-ethyl adjacent to an activating group) is 1. The molecule has 0 saturated heterocycles. The maximum atomic E-state index is 10.8. The van der Waals surface area contributed by atoms with Crippen molar-refractivity contribution < 1.29 is 9.53 Å². The van der Waals surface area contributed by atoms with Gasteiger partial charge >= 0.3 is 0 Å². The van der Waals surface area contributed by atoms with Gasteiger partial charge in [-0.05, 0) is 42.2 Å². The molecule has 0 aliphatic heterocycles. The molecule has 0 spiro atoms. The molecule has 1 aromatic carbocycles. The second-order valence-electron chi connectivity index (χ2n) is 3.43. The molecule has 0 fully saturated rings. The van der Waals surface area contributed by atoms with Crippen LogP contribution < -0.4 is 4.74 Å². The van der Waals surface area contributed by atoms with Gasteiger partial charge in [0.1, 0.15) is 12.4 Å². The molecule has 0 bridgehead atoms. The molecular formula is C11H14BrNO2. The molecule has 0 aliphatic carbocycles. The molecule has 4 heteroatoms. The third kappa shape index (κ3) is 3.64. The number of carbonyl (C=O) groups is 1. The number of aldehydes is 1. The van der Waals surface area contributed by atoms with Crippen LogP contribution in [0.15, 0.2) is 22.7 Å². The van der Waals surface area contributed by atoms with Crippen LogP contribution in [0.2, 0.25) is 0 Å². The zero-order valence-corrected chi connectivity index (χ0v) is 10.5. The summed E-state index contributed by atoms with van der Waals surface area (Å²) in [5, 5.41) is 0. The lowest BCUT2D eigenvalue weighted by Crippen LogP contribution is -2.19. The zero-order valence-electron chi connectivity index (χ0n) is 8.87. The summed E-state index contributed by atoms with van der Waals surface area (Å²) < 4.78 is 6.36. The van der Waals surface area contributed by atoms with Crippen molar-refractivity contribution in [2.45, 2.75) is 0 Å². The summed E-state index contributed by atoms with van der Waals surface area (Å²) in [4.78, 5) is 12.8. The van der Waals surface area contributed by atoms with Crippen molar-refractivity contribution in [1.82, 2.24) is 4.90 Å². The quantitative estimate of drug-likeness (QED) is 0.770. The highest BCUT2D eigenvalue weighted by atomic mass is 79.9. The van der Waals surface area contributed by atoms with E-state index in [-0.39, 0.29) is 0 Å². The minimum atomic E-state index is 0.566. The summed E-state index contributed by atoms with van der Waals surface area (Å²) >= 11 is 3.36. The lowest BCUT2D eigenvalue weighted by Gasteiger charge is -2.13. The Balaban J connectivity index is 2.70. The Kier molecular flexibility index (Phi) is 4.78. The van der Waals surface area contributed by atoms with Crippen molar-refractivity contribution in [2.75, 3.05) is 27.2 Å². The summed E-state index contributed by atoms with van der Waals surface area (Å²) in [7, 11) is 3.95. The molecule has 1 rings (SSSR count). The fraction of sp³-hybridized carbons (Fsp3) is 0.364. The fourth-order valence-electron chi connectivity index (χ4n) is 1.10. The Morgan fingerprint density at radius 3 is 2.80 bits per heavy atom. The van der Waals surface area contributed by atoms with Crippen LogP contribution >= 0.6 is 15.9 Å². The van der Waals surface area contributed by atoms with E-state index in [0.29, 0.717) is 17.9 Å². The second kappa shape index (κ2) is 5.88. The van der Waals surface area contributed by atoms with Gasteiger partial charge in [0.15, 0.2) is 6.29 Å². The largest absolute Gasteiger partial charge is 0.490 e. The summed E-state index contributed by atoms with van der Waals surface area (Å²) in [6, 6.07) is 5.41. The number of rotatable bonds is 5. The molecule has 82 valence electrons. The zero-order chi connectivity index (χ0) is 11.3. The first-order valence-electron chi connectivity index (χ1n) is 4.66. The van der Waals surface area contributed by atoms with Crippen LogP contribution in [0.5, 0.6) is 5.75 Å². The number of benzene rings is 1. The van der Waals surface area contributed by atoms with Crippen molar-refractivity contribution in [2.24, 2.45) is 0 Å². The highest BCUT2D eigenvalue weighted by Gasteiger charge is 2.06. The number of hydrogen-bond acceptors (Lipinski definition) is 3. The first kappa shape index (κ1) is 12.2. The van der Waals surface area contributed by atoms with E-state index in [0.717, 1.165) is 17.3 Å². The van der Waals surface area contributed by atoms with Gasteiger partial charge in [0.25, 0.3) is 0 Å². The smallest absolute Gasteiger partial charge is 0.153 e. The standard InChI is InChI=1S/C11H14BrNO2/c1-13(2)6-7-15-11-9(8-14)4-3-5-10(11)12/h3-5,8H,6-7H2,1-2H3. The number of para-hydroxylation sites is 1. The van der Waals surface area contributed by atoms with E-state index >= 15 is 0 Å². The molecule has 0 atom stereocenters. The van der Waals surface area contributed by atoms with E-state index in [4.69, 9.17) is 4.74 Å². The van der Waals surface area contributed by atoms with E-state index < -0.39 is 0 Å². The van der Waals surface area contributed by atoms with Crippen LogP contribution in [-0.4, -0.2) is 38.4 Å². The van der Waals surface area contributed by atoms with Crippen molar-refractivity contribution in [3.63, 3.8) is 0 Å². The molecule has 0 aromatic heterocycles. The summed E-state index contributed by atoms with van der Waals surface area (Å²) in [5.74, 6) is 0.620. The fourth-order valence-corrected chi connectivity index (χ4v) is 1.60. The van der Waals surface area contributed by atoms with Gasteiger partial charge in [-0.25, -0.2) is 0 Å². The molecule has 0 heterocycles. The summed E-state index contributed by atoms with van der Waals surface area (Å²) in [6.45, 7) is 1.39. The van der Waals surface area contributed by atoms with Crippen molar-refractivity contribution in [1.29, 1.82) is 0 Å². The van der Waals surface area contributed by atoms with Crippen LogP contribution in [0.25, 0.3) is 0 Å². The Bertz CT molecular complexity index is 339. The van der Waals surface area contributed by atoms with E-state index in [1.807, 2.05) is 31.1 Å². The van der Waals surface area contributed by atoms with Crippen LogP contribution in [0, 0.1) is 0 Å². The monoisotopic (exact) mass is 271 g/mol.